The zero-order valence-electron chi connectivity index (χ0n) is 16.5. The Morgan fingerprint density at radius 2 is 1.80 bits per heavy atom. The molecule has 3 aliphatic carbocycles. The van der Waals surface area contributed by atoms with Gasteiger partial charge in [-0.3, -0.25) is 24.1 Å². The molecule has 0 aromatic carbocycles. The Kier molecular flexibility index (Phi) is 4.11. The second-order valence-corrected chi connectivity index (χ2v) is 11.8. The fourth-order valence-electron chi connectivity index (χ4n) is 7.57. The van der Waals surface area contributed by atoms with Crippen LogP contribution in [-0.4, -0.2) is 44.6 Å². The number of imide groups is 1. The number of carbonyl (C=O) groups excluding carboxylic acids is 2. The van der Waals surface area contributed by atoms with Crippen LogP contribution in [0.1, 0.15) is 49.8 Å². The lowest BCUT2D eigenvalue weighted by atomic mass is 9.57. The molecule has 9 heteroatoms. The summed E-state index contributed by atoms with van der Waals surface area (Å²) in [4.78, 5) is 55.1. The van der Waals surface area contributed by atoms with Gasteiger partial charge in [0.25, 0.3) is 0 Å². The first-order valence-corrected chi connectivity index (χ1v) is 12.6. The minimum absolute atomic E-state index is 0.00281. The van der Waals surface area contributed by atoms with Crippen LogP contribution in [0.3, 0.4) is 0 Å². The maximum atomic E-state index is 13.2. The Hall–Kier alpha value is -1.61. The van der Waals surface area contributed by atoms with Gasteiger partial charge in [-0.15, -0.1) is 11.8 Å². The number of likely N-dealkylation sites (tertiary alicyclic amines) is 1. The van der Waals surface area contributed by atoms with Gasteiger partial charge in [0.2, 0.25) is 11.8 Å². The Bertz CT molecular complexity index is 1010. The van der Waals surface area contributed by atoms with E-state index in [1.54, 1.807) is 11.8 Å². The molecule has 3 heterocycles. The predicted octanol–water partition coefficient (Wildman–Crippen LogP) is 2.45. The second-order valence-electron chi connectivity index (χ2n) is 9.58. The van der Waals surface area contributed by atoms with Crippen molar-refractivity contribution in [3.05, 3.63) is 14.5 Å². The number of nitrogens with one attached hydrogen (secondary N) is 1. The van der Waals surface area contributed by atoms with Crippen LogP contribution < -0.4 is 4.87 Å². The van der Waals surface area contributed by atoms with Gasteiger partial charge in [0.1, 0.15) is 0 Å². The molecule has 1 saturated heterocycles. The lowest BCUT2D eigenvalue weighted by Crippen LogP contribution is -2.51. The molecule has 2 N–H and O–H groups in total. The monoisotopic (exact) mass is 448 g/mol. The first kappa shape index (κ1) is 19.1. The summed E-state index contributed by atoms with van der Waals surface area (Å²) in [5.41, 5.74) is -0.0461. The van der Waals surface area contributed by atoms with Gasteiger partial charge < -0.3 is 10.1 Å². The van der Waals surface area contributed by atoms with Crippen molar-refractivity contribution >= 4 is 40.9 Å². The third-order valence-corrected chi connectivity index (χ3v) is 11.1. The number of thiazole rings is 1. The normalized spacial score (nSPS) is 38.1. The number of carbonyl (C=O) groups is 3. The van der Waals surface area contributed by atoms with Crippen LogP contribution in [0.5, 0.6) is 0 Å². The van der Waals surface area contributed by atoms with Crippen LogP contribution in [0.15, 0.2) is 9.82 Å². The first-order valence-electron chi connectivity index (χ1n) is 10.9. The lowest BCUT2D eigenvalue weighted by Gasteiger charge is -2.52. The third-order valence-electron chi connectivity index (χ3n) is 8.45. The van der Waals surface area contributed by atoms with E-state index in [0.717, 1.165) is 37.1 Å². The molecular formula is C21H24N2O5S2. The van der Waals surface area contributed by atoms with Gasteiger partial charge in [-0.05, 0) is 37.0 Å². The van der Waals surface area contributed by atoms with Crippen molar-refractivity contribution in [3.63, 3.8) is 0 Å². The number of rotatable bonds is 3. The summed E-state index contributed by atoms with van der Waals surface area (Å²) in [6.45, 7) is -0.0201. The van der Waals surface area contributed by atoms with Gasteiger partial charge in [0, 0.05) is 22.1 Å². The molecule has 6 atom stereocenters. The van der Waals surface area contributed by atoms with Crippen molar-refractivity contribution in [1.29, 1.82) is 0 Å². The lowest BCUT2D eigenvalue weighted by molar-refractivity contribution is -0.142. The van der Waals surface area contributed by atoms with E-state index in [2.05, 4.69) is 4.98 Å². The van der Waals surface area contributed by atoms with E-state index in [9.17, 15) is 19.2 Å². The third kappa shape index (κ3) is 2.33. The van der Waals surface area contributed by atoms with Gasteiger partial charge in [-0.1, -0.05) is 30.6 Å². The Morgan fingerprint density at radius 1 is 1.10 bits per heavy atom. The summed E-state index contributed by atoms with van der Waals surface area (Å²) >= 11 is 3.08. The Morgan fingerprint density at radius 3 is 2.50 bits per heavy atom. The highest BCUT2D eigenvalue weighted by molar-refractivity contribution is 8.00. The van der Waals surface area contributed by atoms with Gasteiger partial charge in [-0.2, -0.15) is 0 Å². The molecule has 6 rings (SSSR count). The number of hydrogen-bond acceptors (Lipinski definition) is 6. The number of nitrogens with zero attached hydrogens (tertiary/aromatic N) is 1. The van der Waals surface area contributed by atoms with Crippen molar-refractivity contribution < 1.29 is 19.5 Å². The number of thioether (sulfide) groups is 1. The van der Waals surface area contributed by atoms with E-state index in [4.69, 9.17) is 5.11 Å². The SMILES string of the molecule is O=C(O)CCN1C(=O)[C@@H]2[C@@H]3C[C@@H]([C@@H]2C1=O)[C@@H]1[C@@H]3Sc2[nH]c(=O)sc2C12CCCCC2. The molecule has 2 aliphatic heterocycles. The number of aromatic nitrogens is 1. The largest absolute Gasteiger partial charge is 0.481 e. The number of aliphatic carboxylic acids is 1. The van der Waals surface area contributed by atoms with Crippen LogP contribution in [-0.2, 0) is 19.8 Å². The van der Waals surface area contributed by atoms with Gasteiger partial charge in [0.15, 0.2) is 0 Å². The number of amides is 2. The van der Waals surface area contributed by atoms with E-state index >= 15 is 0 Å². The van der Waals surface area contributed by atoms with E-state index in [1.165, 1.54) is 27.5 Å². The minimum atomic E-state index is -0.991. The van der Waals surface area contributed by atoms with Crippen molar-refractivity contribution in [3.8, 4) is 0 Å². The van der Waals surface area contributed by atoms with E-state index in [-0.39, 0.29) is 64.0 Å². The summed E-state index contributed by atoms with van der Waals surface area (Å²) < 4.78 is 0. The fraction of sp³-hybridized carbons (Fsp3) is 0.714. The van der Waals surface area contributed by atoms with Crippen LogP contribution in [0.4, 0.5) is 0 Å². The molecule has 30 heavy (non-hydrogen) atoms. The van der Waals surface area contributed by atoms with Gasteiger partial charge in [0.05, 0.1) is 23.3 Å². The van der Waals surface area contributed by atoms with Crippen molar-refractivity contribution in [2.75, 3.05) is 6.54 Å². The number of carboxylic acids is 1. The summed E-state index contributed by atoms with van der Waals surface area (Å²) in [6.07, 6.45) is 6.31. The number of H-pyrrole nitrogens is 1. The second kappa shape index (κ2) is 6.45. The highest BCUT2D eigenvalue weighted by atomic mass is 32.2. The van der Waals surface area contributed by atoms with E-state index < -0.39 is 5.97 Å². The molecule has 1 aromatic heterocycles. The molecule has 0 unspecified atom stereocenters. The van der Waals surface area contributed by atoms with Crippen molar-refractivity contribution in [1.82, 2.24) is 9.88 Å². The summed E-state index contributed by atoms with van der Waals surface area (Å²) in [5.74, 6) is -1.30. The molecule has 0 radical (unpaired) electrons. The Labute approximate surface area is 181 Å². The average Bonchev–Trinajstić information content (AvgIpc) is 3.43. The first-order chi connectivity index (χ1) is 14.4. The van der Waals surface area contributed by atoms with Crippen LogP contribution in [0, 0.1) is 29.6 Å². The molecular weight excluding hydrogens is 424 g/mol. The number of hydrogen-bond donors (Lipinski definition) is 2. The maximum Gasteiger partial charge on any atom is 0.305 e. The van der Waals surface area contributed by atoms with Crippen molar-refractivity contribution in [2.24, 2.45) is 29.6 Å². The van der Waals surface area contributed by atoms with Crippen LogP contribution in [0.2, 0.25) is 0 Å². The maximum absolute atomic E-state index is 13.2. The van der Waals surface area contributed by atoms with E-state index in [1.807, 2.05) is 0 Å². The molecule has 3 saturated carbocycles. The summed E-state index contributed by atoms with van der Waals surface area (Å²) in [5, 5.41) is 10.3. The predicted molar refractivity (Wildman–Crippen MR) is 110 cm³/mol. The topological polar surface area (TPSA) is 108 Å². The van der Waals surface area contributed by atoms with Crippen molar-refractivity contribution in [2.45, 2.75) is 60.6 Å². The van der Waals surface area contributed by atoms with Gasteiger partial charge in [-0.25, -0.2) is 0 Å². The quantitative estimate of drug-likeness (QED) is 0.688. The van der Waals surface area contributed by atoms with E-state index in [0.29, 0.717) is 5.92 Å². The molecule has 2 bridgehead atoms. The molecule has 7 nitrogen and oxygen atoms in total. The smallest absolute Gasteiger partial charge is 0.305 e. The van der Waals surface area contributed by atoms with Crippen LogP contribution >= 0.6 is 23.1 Å². The summed E-state index contributed by atoms with van der Waals surface area (Å²) in [7, 11) is 0. The number of fused-ring (bicyclic) bond motifs is 11. The standard InChI is InChI=1S/C21H24N2O5S2/c24-11(25)4-7-23-18(26)12-9-8-10(13(12)19(23)27)15-14(9)21(5-2-1-3-6-21)16-17(29-15)22-20(28)30-16/h9-10,12-15H,1-8H2,(H,22,28)(H,24,25)/t9-,10-,12-,13+,14+,15+/m0/s1. The summed E-state index contributed by atoms with van der Waals surface area (Å²) in [6, 6.07) is 0. The molecule has 1 spiro atoms. The highest BCUT2D eigenvalue weighted by Gasteiger charge is 2.71. The Balaban J connectivity index is 1.41. The zero-order valence-corrected chi connectivity index (χ0v) is 18.1. The molecule has 160 valence electrons. The number of aromatic amines is 1. The fourth-order valence-corrected chi connectivity index (χ4v) is 10.7. The number of carboxylic acid groups (broad SMARTS) is 1. The molecule has 5 aliphatic rings. The molecule has 4 fully saturated rings. The van der Waals surface area contributed by atoms with Gasteiger partial charge >= 0.3 is 10.8 Å². The van der Waals surface area contributed by atoms with Crippen LogP contribution in [0.25, 0.3) is 0 Å². The molecule has 2 amide bonds. The zero-order chi connectivity index (χ0) is 20.8. The highest BCUT2D eigenvalue weighted by Crippen LogP contribution is 2.71. The average molecular weight is 449 g/mol. The minimum Gasteiger partial charge on any atom is -0.481 e. The molecule has 1 aromatic rings.